The fraction of sp³-hybridized carbons (Fsp3) is 0.526. The van der Waals surface area contributed by atoms with E-state index >= 15 is 0 Å². The van der Waals surface area contributed by atoms with Crippen LogP contribution in [0.25, 0.3) is 0 Å². The third-order valence-electron chi connectivity index (χ3n) is 3.53. The zero-order chi connectivity index (χ0) is 21.5. The molecule has 1 aromatic rings. The van der Waals surface area contributed by atoms with Gasteiger partial charge in [-0.15, -0.1) is 0 Å². The smallest absolute Gasteiger partial charge is 0.408 e. The molecule has 4 N–H and O–H groups in total. The number of aliphatic hydroxyl groups excluding tert-OH is 1. The van der Waals surface area contributed by atoms with Crippen LogP contribution in [0.5, 0.6) is 0 Å². The maximum atomic E-state index is 13.8. The van der Waals surface area contributed by atoms with Crippen LogP contribution in [0, 0.1) is 11.7 Å². The van der Waals surface area contributed by atoms with Gasteiger partial charge in [-0.25, -0.2) is 9.18 Å². The van der Waals surface area contributed by atoms with E-state index in [0.29, 0.717) is 5.56 Å². The zero-order valence-corrected chi connectivity index (χ0v) is 16.8. The average Bonchev–Trinajstić information content (AvgIpc) is 2.57. The van der Waals surface area contributed by atoms with E-state index in [1.807, 2.05) is 0 Å². The molecule has 3 amide bonds. The van der Waals surface area contributed by atoms with Gasteiger partial charge in [0.1, 0.15) is 17.5 Å². The first-order valence-electron chi connectivity index (χ1n) is 8.89. The minimum atomic E-state index is -0.900. The molecule has 0 fully saturated rings. The van der Waals surface area contributed by atoms with E-state index in [0.717, 1.165) is 6.07 Å². The van der Waals surface area contributed by atoms with Gasteiger partial charge in [0.15, 0.2) is 0 Å². The van der Waals surface area contributed by atoms with E-state index in [4.69, 9.17) is 9.84 Å². The number of alkyl carbamates (subject to hydrolysis) is 1. The van der Waals surface area contributed by atoms with E-state index in [1.165, 1.54) is 12.1 Å². The summed E-state index contributed by atoms with van der Waals surface area (Å²) in [6, 6.07) is 3.00. The summed E-state index contributed by atoms with van der Waals surface area (Å²) < 4.78 is 19.0. The summed E-state index contributed by atoms with van der Waals surface area (Å²) in [7, 11) is 0. The minimum Gasteiger partial charge on any atom is -0.444 e. The molecule has 0 radical (unpaired) electrons. The van der Waals surface area contributed by atoms with Gasteiger partial charge in [0.2, 0.25) is 11.8 Å². The Hall–Kier alpha value is -2.68. The molecule has 0 aliphatic rings. The Morgan fingerprint density at radius 2 is 1.86 bits per heavy atom. The lowest BCUT2D eigenvalue weighted by Crippen LogP contribution is -2.52. The van der Waals surface area contributed by atoms with E-state index in [2.05, 4.69) is 16.0 Å². The SMILES string of the molecule is CC(C)C(NC(=O)OC(C)(C)C)C(=O)NCC(=O)Nc1ccc(CO)cc1F. The van der Waals surface area contributed by atoms with Crippen molar-refractivity contribution >= 4 is 23.6 Å². The average molecular weight is 397 g/mol. The number of aliphatic hydroxyl groups is 1. The highest BCUT2D eigenvalue weighted by Crippen LogP contribution is 2.15. The Bertz CT molecular complexity index is 716. The van der Waals surface area contributed by atoms with Crippen LogP contribution >= 0.6 is 0 Å². The summed E-state index contributed by atoms with van der Waals surface area (Å²) in [6.07, 6.45) is -0.739. The van der Waals surface area contributed by atoms with Gasteiger partial charge in [-0.05, 0) is 44.4 Å². The number of benzene rings is 1. The van der Waals surface area contributed by atoms with Crippen LogP contribution in [0.2, 0.25) is 0 Å². The molecule has 156 valence electrons. The molecule has 8 nitrogen and oxygen atoms in total. The molecule has 9 heteroatoms. The van der Waals surface area contributed by atoms with E-state index in [-0.39, 0.29) is 18.2 Å². The number of nitrogens with one attached hydrogen (secondary N) is 3. The number of hydrogen-bond acceptors (Lipinski definition) is 5. The van der Waals surface area contributed by atoms with Gasteiger partial charge < -0.3 is 25.8 Å². The van der Waals surface area contributed by atoms with Gasteiger partial charge in [-0.3, -0.25) is 9.59 Å². The number of anilines is 1. The fourth-order valence-corrected chi connectivity index (χ4v) is 2.20. The Kier molecular flexibility index (Phi) is 8.36. The minimum absolute atomic E-state index is 0.0660. The van der Waals surface area contributed by atoms with Crippen molar-refractivity contribution in [2.24, 2.45) is 5.92 Å². The molecule has 0 aromatic heterocycles. The molecule has 1 rings (SSSR count). The van der Waals surface area contributed by atoms with Crippen LogP contribution < -0.4 is 16.0 Å². The van der Waals surface area contributed by atoms with Crippen molar-refractivity contribution in [1.82, 2.24) is 10.6 Å². The highest BCUT2D eigenvalue weighted by atomic mass is 19.1. The van der Waals surface area contributed by atoms with Crippen LogP contribution in [-0.4, -0.2) is 41.2 Å². The Morgan fingerprint density at radius 3 is 2.36 bits per heavy atom. The summed E-state index contributed by atoms with van der Waals surface area (Å²) in [5.41, 5.74) is -0.405. The van der Waals surface area contributed by atoms with Crippen molar-refractivity contribution in [3.8, 4) is 0 Å². The third-order valence-corrected chi connectivity index (χ3v) is 3.53. The number of carbonyl (C=O) groups is 3. The normalized spacial score (nSPS) is 12.3. The number of rotatable bonds is 7. The largest absolute Gasteiger partial charge is 0.444 e. The van der Waals surface area contributed by atoms with Crippen molar-refractivity contribution in [3.05, 3.63) is 29.6 Å². The Labute approximate surface area is 163 Å². The summed E-state index contributed by atoms with van der Waals surface area (Å²) in [5, 5.41) is 16.2. The first kappa shape index (κ1) is 23.4. The third kappa shape index (κ3) is 7.91. The van der Waals surface area contributed by atoms with Gasteiger partial charge in [-0.2, -0.15) is 0 Å². The standard InChI is InChI=1S/C19H28FN3O5/c1-11(2)16(23-18(27)28-19(3,4)5)17(26)21-9-15(25)22-14-7-6-12(10-24)8-13(14)20/h6-8,11,16,24H,9-10H2,1-5H3,(H,21,26)(H,22,25)(H,23,27). The summed E-state index contributed by atoms with van der Waals surface area (Å²) >= 11 is 0. The first-order valence-corrected chi connectivity index (χ1v) is 8.89. The van der Waals surface area contributed by atoms with Crippen molar-refractivity contribution in [1.29, 1.82) is 0 Å². The van der Waals surface area contributed by atoms with Crippen molar-refractivity contribution in [2.45, 2.75) is 52.9 Å². The van der Waals surface area contributed by atoms with E-state index < -0.39 is 41.9 Å². The lowest BCUT2D eigenvalue weighted by Gasteiger charge is -2.25. The van der Waals surface area contributed by atoms with Crippen LogP contribution in [-0.2, 0) is 20.9 Å². The van der Waals surface area contributed by atoms with Crippen LogP contribution in [0.1, 0.15) is 40.2 Å². The van der Waals surface area contributed by atoms with E-state index in [1.54, 1.807) is 34.6 Å². The van der Waals surface area contributed by atoms with Gasteiger partial charge >= 0.3 is 6.09 Å². The number of carbonyl (C=O) groups excluding carboxylic acids is 3. The van der Waals surface area contributed by atoms with Gasteiger partial charge in [0, 0.05) is 0 Å². The molecular weight excluding hydrogens is 369 g/mol. The predicted molar refractivity (Wildman–Crippen MR) is 102 cm³/mol. The molecule has 1 aromatic carbocycles. The van der Waals surface area contributed by atoms with Crippen LogP contribution in [0.15, 0.2) is 18.2 Å². The molecule has 28 heavy (non-hydrogen) atoms. The zero-order valence-electron chi connectivity index (χ0n) is 16.8. The van der Waals surface area contributed by atoms with Gasteiger partial charge in [0.05, 0.1) is 18.8 Å². The highest BCUT2D eigenvalue weighted by molar-refractivity contribution is 5.95. The summed E-state index contributed by atoms with van der Waals surface area (Å²) in [5.74, 6) is -2.15. The highest BCUT2D eigenvalue weighted by Gasteiger charge is 2.27. The Balaban J connectivity index is 2.62. The molecule has 0 saturated carbocycles. The molecule has 0 aliphatic carbocycles. The van der Waals surface area contributed by atoms with Gasteiger partial charge in [-0.1, -0.05) is 19.9 Å². The van der Waals surface area contributed by atoms with E-state index in [9.17, 15) is 18.8 Å². The molecule has 0 bridgehead atoms. The van der Waals surface area contributed by atoms with Gasteiger partial charge in [0.25, 0.3) is 0 Å². The molecular formula is C19H28FN3O5. The predicted octanol–water partition coefficient (Wildman–Crippen LogP) is 1.92. The lowest BCUT2D eigenvalue weighted by atomic mass is 10.0. The van der Waals surface area contributed by atoms with Crippen LogP contribution in [0.3, 0.4) is 0 Å². The van der Waals surface area contributed by atoms with Crippen molar-refractivity contribution in [3.63, 3.8) is 0 Å². The molecule has 0 heterocycles. The van der Waals surface area contributed by atoms with Crippen molar-refractivity contribution in [2.75, 3.05) is 11.9 Å². The van der Waals surface area contributed by atoms with Crippen LogP contribution in [0.4, 0.5) is 14.9 Å². The fourth-order valence-electron chi connectivity index (χ4n) is 2.20. The number of halogens is 1. The maximum Gasteiger partial charge on any atom is 0.408 e. The second kappa shape index (κ2) is 10.0. The second-order valence-electron chi connectivity index (χ2n) is 7.61. The first-order chi connectivity index (χ1) is 12.9. The van der Waals surface area contributed by atoms with Crippen molar-refractivity contribution < 1.29 is 28.6 Å². The maximum absolute atomic E-state index is 13.8. The quantitative estimate of drug-likeness (QED) is 0.561. The molecule has 1 atom stereocenters. The summed E-state index contributed by atoms with van der Waals surface area (Å²) in [4.78, 5) is 36.2. The monoisotopic (exact) mass is 397 g/mol. The molecule has 0 saturated heterocycles. The molecule has 0 aliphatic heterocycles. The second-order valence-corrected chi connectivity index (χ2v) is 7.61. The Morgan fingerprint density at radius 1 is 1.21 bits per heavy atom. The topological polar surface area (TPSA) is 117 Å². The molecule has 0 spiro atoms. The number of ether oxygens (including phenoxy) is 1. The molecule has 1 unspecified atom stereocenters. The number of hydrogen-bond donors (Lipinski definition) is 4. The lowest BCUT2D eigenvalue weighted by molar-refractivity contribution is -0.126. The summed E-state index contributed by atoms with van der Waals surface area (Å²) in [6.45, 7) is 7.86. The number of amides is 3.